The van der Waals surface area contributed by atoms with Crippen LogP contribution in [0.15, 0.2) is 30.9 Å². The Morgan fingerprint density at radius 2 is 2.29 bits per heavy atom. The Labute approximate surface area is 81.9 Å². The smallest absolute Gasteiger partial charge is 0.0995 e. The number of rotatable bonds is 2. The van der Waals surface area contributed by atoms with Gasteiger partial charge in [0.15, 0.2) is 0 Å². The number of pyridine rings is 1. The topological polar surface area (TPSA) is 50.9 Å². The molecule has 72 valence electrons. The minimum atomic E-state index is -0.0621. The van der Waals surface area contributed by atoms with Crippen molar-refractivity contribution in [3.8, 4) is 5.69 Å². The normalized spacial score (nSPS) is 10.4. The van der Waals surface area contributed by atoms with E-state index in [9.17, 15) is 0 Å². The van der Waals surface area contributed by atoms with E-state index < -0.39 is 0 Å². The van der Waals surface area contributed by atoms with Gasteiger partial charge in [0, 0.05) is 12.4 Å². The zero-order valence-electron chi connectivity index (χ0n) is 7.88. The summed E-state index contributed by atoms with van der Waals surface area (Å²) in [4.78, 5) is 8.21. The van der Waals surface area contributed by atoms with Gasteiger partial charge in [0.25, 0.3) is 0 Å². The first-order valence-electron chi connectivity index (χ1n) is 4.37. The molecule has 0 fully saturated rings. The number of hydrogen-bond acceptors (Lipinski definition) is 3. The van der Waals surface area contributed by atoms with Crippen molar-refractivity contribution in [2.24, 2.45) is 0 Å². The molecule has 4 nitrogen and oxygen atoms in total. The van der Waals surface area contributed by atoms with E-state index in [4.69, 9.17) is 5.11 Å². The predicted molar refractivity (Wildman–Crippen MR) is 52.0 cm³/mol. The Bertz CT molecular complexity index is 436. The standard InChI is InChI=1S/C10H11N3O/c1-8-5-13(7-12-8)10-3-2-4-11-9(10)6-14/h2-5,7,14H,6H2,1H3. The van der Waals surface area contributed by atoms with Crippen molar-refractivity contribution in [3.63, 3.8) is 0 Å². The fourth-order valence-electron chi connectivity index (χ4n) is 1.34. The SMILES string of the molecule is Cc1cn(-c2cccnc2CO)cn1. The van der Waals surface area contributed by atoms with E-state index in [0.717, 1.165) is 11.4 Å². The molecule has 0 radical (unpaired) electrons. The number of hydrogen-bond donors (Lipinski definition) is 1. The fraction of sp³-hybridized carbons (Fsp3) is 0.200. The van der Waals surface area contributed by atoms with Gasteiger partial charge in [-0.2, -0.15) is 0 Å². The number of imidazole rings is 1. The predicted octanol–water partition coefficient (Wildman–Crippen LogP) is 1.07. The van der Waals surface area contributed by atoms with Crippen LogP contribution in [0.25, 0.3) is 5.69 Å². The van der Waals surface area contributed by atoms with Crippen molar-refractivity contribution >= 4 is 0 Å². The molecule has 2 aromatic rings. The first-order valence-corrected chi connectivity index (χ1v) is 4.37. The summed E-state index contributed by atoms with van der Waals surface area (Å²) < 4.78 is 1.86. The molecule has 14 heavy (non-hydrogen) atoms. The van der Waals surface area contributed by atoms with Gasteiger partial charge in [-0.1, -0.05) is 0 Å². The molecule has 2 rings (SSSR count). The van der Waals surface area contributed by atoms with Gasteiger partial charge >= 0.3 is 0 Å². The van der Waals surface area contributed by atoms with E-state index in [1.54, 1.807) is 12.5 Å². The van der Waals surface area contributed by atoms with Crippen molar-refractivity contribution in [3.05, 3.63) is 42.2 Å². The molecule has 0 amide bonds. The summed E-state index contributed by atoms with van der Waals surface area (Å²) in [6.07, 6.45) is 5.28. The third-order valence-corrected chi connectivity index (χ3v) is 2.01. The summed E-state index contributed by atoms with van der Waals surface area (Å²) >= 11 is 0. The number of aliphatic hydroxyl groups excluding tert-OH is 1. The van der Waals surface area contributed by atoms with Crippen molar-refractivity contribution in [1.82, 2.24) is 14.5 Å². The maximum Gasteiger partial charge on any atom is 0.0995 e. The van der Waals surface area contributed by atoms with Crippen LogP contribution in [0.2, 0.25) is 0 Å². The number of aliphatic hydroxyl groups is 1. The van der Waals surface area contributed by atoms with Crippen molar-refractivity contribution in [1.29, 1.82) is 0 Å². The third-order valence-electron chi connectivity index (χ3n) is 2.01. The third kappa shape index (κ3) is 1.52. The van der Waals surface area contributed by atoms with Gasteiger partial charge in [-0.15, -0.1) is 0 Å². The van der Waals surface area contributed by atoms with Gasteiger partial charge in [-0.05, 0) is 19.1 Å². The van der Waals surface area contributed by atoms with Gasteiger partial charge in [0.1, 0.15) is 0 Å². The fourth-order valence-corrected chi connectivity index (χ4v) is 1.34. The highest BCUT2D eigenvalue weighted by Gasteiger charge is 2.03. The van der Waals surface area contributed by atoms with Crippen LogP contribution in [0.1, 0.15) is 11.4 Å². The van der Waals surface area contributed by atoms with Gasteiger partial charge in [-0.25, -0.2) is 4.98 Å². The quantitative estimate of drug-likeness (QED) is 0.768. The van der Waals surface area contributed by atoms with E-state index in [2.05, 4.69) is 9.97 Å². The van der Waals surface area contributed by atoms with Crippen molar-refractivity contribution < 1.29 is 5.11 Å². The lowest BCUT2D eigenvalue weighted by molar-refractivity contribution is 0.276. The van der Waals surface area contributed by atoms with Crippen LogP contribution >= 0.6 is 0 Å². The van der Waals surface area contributed by atoms with E-state index >= 15 is 0 Å². The number of aryl methyl sites for hydroxylation is 1. The monoisotopic (exact) mass is 189 g/mol. The van der Waals surface area contributed by atoms with Crippen LogP contribution in [0.4, 0.5) is 0 Å². The Balaban J connectivity index is 2.50. The second kappa shape index (κ2) is 3.59. The zero-order chi connectivity index (χ0) is 9.97. The van der Waals surface area contributed by atoms with Crippen LogP contribution in [0.5, 0.6) is 0 Å². The largest absolute Gasteiger partial charge is 0.390 e. The average molecular weight is 189 g/mol. The minimum absolute atomic E-state index is 0.0621. The molecule has 0 bridgehead atoms. The molecule has 2 aromatic heterocycles. The van der Waals surface area contributed by atoms with Gasteiger partial charge < -0.3 is 9.67 Å². The van der Waals surface area contributed by atoms with Gasteiger partial charge in [0.2, 0.25) is 0 Å². The Morgan fingerprint density at radius 1 is 1.43 bits per heavy atom. The van der Waals surface area contributed by atoms with Crippen LogP contribution in [-0.2, 0) is 6.61 Å². The summed E-state index contributed by atoms with van der Waals surface area (Å²) in [5, 5.41) is 9.09. The first kappa shape index (κ1) is 8.90. The van der Waals surface area contributed by atoms with Crippen LogP contribution in [0, 0.1) is 6.92 Å². The highest BCUT2D eigenvalue weighted by Crippen LogP contribution is 2.11. The molecule has 4 heteroatoms. The van der Waals surface area contributed by atoms with Crippen LogP contribution in [-0.4, -0.2) is 19.6 Å². The van der Waals surface area contributed by atoms with E-state index in [-0.39, 0.29) is 6.61 Å². The zero-order valence-corrected chi connectivity index (χ0v) is 7.88. The molecular weight excluding hydrogens is 178 g/mol. The molecule has 2 heterocycles. The molecule has 0 unspecified atom stereocenters. The molecule has 1 N–H and O–H groups in total. The lowest BCUT2D eigenvalue weighted by Gasteiger charge is -2.05. The summed E-state index contributed by atoms with van der Waals surface area (Å²) in [7, 11) is 0. The molecule has 0 spiro atoms. The molecule has 0 aliphatic heterocycles. The molecule has 0 saturated heterocycles. The van der Waals surface area contributed by atoms with Crippen LogP contribution < -0.4 is 0 Å². The van der Waals surface area contributed by atoms with E-state index in [0.29, 0.717) is 5.69 Å². The average Bonchev–Trinajstić information content (AvgIpc) is 2.65. The summed E-state index contributed by atoms with van der Waals surface area (Å²) in [5.74, 6) is 0. The number of nitrogens with zero attached hydrogens (tertiary/aromatic N) is 3. The van der Waals surface area contributed by atoms with Crippen molar-refractivity contribution in [2.75, 3.05) is 0 Å². The molecular formula is C10H11N3O. The van der Waals surface area contributed by atoms with E-state index in [1.807, 2.05) is 29.8 Å². The lowest BCUT2D eigenvalue weighted by atomic mass is 10.3. The van der Waals surface area contributed by atoms with Gasteiger partial charge in [0.05, 0.1) is 30.0 Å². The molecule has 0 aliphatic carbocycles. The molecule has 0 atom stereocenters. The Morgan fingerprint density at radius 3 is 2.93 bits per heavy atom. The highest BCUT2D eigenvalue weighted by molar-refractivity contribution is 5.36. The Hall–Kier alpha value is -1.68. The lowest BCUT2D eigenvalue weighted by Crippen LogP contribution is -1.99. The van der Waals surface area contributed by atoms with E-state index in [1.165, 1.54) is 0 Å². The first-order chi connectivity index (χ1) is 6.81. The van der Waals surface area contributed by atoms with Gasteiger partial charge in [-0.3, -0.25) is 4.98 Å². The molecule has 0 aromatic carbocycles. The number of aromatic nitrogens is 3. The highest BCUT2D eigenvalue weighted by atomic mass is 16.3. The minimum Gasteiger partial charge on any atom is -0.390 e. The second-order valence-corrected chi connectivity index (χ2v) is 3.05. The maximum absolute atomic E-state index is 9.09. The summed E-state index contributed by atoms with van der Waals surface area (Å²) in [6, 6.07) is 3.74. The van der Waals surface area contributed by atoms with Crippen molar-refractivity contribution in [2.45, 2.75) is 13.5 Å². The second-order valence-electron chi connectivity index (χ2n) is 3.05. The molecule has 0 aliphatic rings. The van der Waals surface area contributed by atoms with Crippen LogP contribution in [0.3, 0.4) is 0 Å². The summed E-state index contributed by atoms with van der Waals surface area (Å²) in [6.45, 7) is 1.86. The Kier molecular flexibility index (Phi) is 2.28. The maximum atomic E-state index is 9.09. The summed E-state index contributed by atoms with van der Waals surface area (Å²) in [5.41, 5.74) is 2.47. The molecule has 0 saturated carbocycles.